The van der Waals surface area contributed by atoms with Crippen LogP contribution in [0.15, 0.2) is 6.07 Å². The van der Waals surface area contributed by atoms with Gasteiger partial charge < -0.3 is 14.8 Å². The van der Waals surface area contributed by atoms with Crippen molar-refractivity contribution in [2.75, 3.05) is 31.5 Å². The Hall–Kier alpha value is -1.62. The van der Waals surface area contributed by atoms with Gasteiger partial charge in [0.1, 0.15) is 0 Å². The summed E-state index contributed by atoms with van der Waals surface area (Å²) >= 11 is 0. The van der Waals surface area contributed by atoms with Crippen molar-refractivity contribution < 1.29 is 0 Å². The van der Waals surface area contributed by atoms with Crippen LogP contribution in [0.2, 0.25) is 0 Å². The number of rotatable bonds is 5. The number of hydrogen-bond acceptors (Lipinski definition) is 4. The summed E-state index contributed by atoms with van der Waals surface area (Å²) in [6.07, 6.45) is 10.8. The van der Waals surface area contributed by atoms with E-state index in [0.29, 0.717) is 0 Å². The Morgan fingerprint density at radius 2 is 1.85 bits per heavy atom. The number of aryl methyl sites for hydroxylation is 3. The third kappa shape index (κ3) is 3.46. The fourth-order valence-corrected chi connectivity index (χ4v) is 5.66. The van der Waals surface area contributed by atoms with E-state index >= 15 is 0 Å². The van der Waals surface area contributed by atoms with Crippen molar-refractivity contribution in [3.05, 3.63) is 17.5 Å². The van der Waals surface area contributed by atoms with E-state index in [4.69, 9.17) is 0 Å². The molecule has 0 atom stereocenters. The first-order chi connectivity index (χ1) is 13.3. The van der Waals surface area contributed by atoms with E-state index in [0.717, 1.165) is 36.4 Å². The molecule has 0 aromatic carbocycles. The van der Waals surface area contributed by atoms with Crippen LogP contribution < -0.4 is 5.32 Å². The highest BCUT2D eigenvalue weighted by molar-refractivity contribution is 5.92. The van der Waals surface area contributed by atoms with Gasteiger partial charge in [0, 0.05) is 37.3 Å². The molecule has 2 bridgehead atoms. The summed E-state index contributed by atoms with van der Waals surface area (Å²) in [7, 11) is 0. The van der Waals surface area contributed by atoms with Gasteiger partial charge in [0.2, 0.25) is 0 Å². The molecule has 0 spiro atoms. The molecular weight excluding hydrogens is 334 g/mol. The first-order valence-electron chi connectivity index (χ1n) is 11.1. The third-order valence-corrected chi connectivity index (χ3v) is 7.09. The largest absolute Gasteiger partial charge is 0.368 e. The minimum atomic E-state index is 0.965. The topological polar surface area (TPSA) is 46.0 Å². The van der Waals surface area contributed by atoms with Crippen LogP contribution in [0.3, 0.4) is 0 Å². The van der Waals surface area contributed by atoms with E-state index in [1.165, 1.54) is 87.6 Å². The molecule has 0 radical (unpaired) electrons. The molecule has 0 amide bonds. The predicted octanol–water partition coefficient (Wildman–Crippen LogP) is 4.00. The van der Waals surface area contributed by atoms with Crippen molar-refractivity contribution in [1.29, 1.82) is 0 Å². The molecule has 3 fully saturated rings. The summed E-state index contributed by atoms with van der Waals surface area (Å²) in [4.78, 5) is 2.73. The molecule has 2 aromatic heterocycles. The lowest BCUT2D eigenvalue weighted by molar-refractivity contribution is 0.252. The van der Waals surface area contributed by atoms with Gasteiger partial charge in [-0.1, -0.05) is 0 Å². The van der Waals surface area contributed by atoms with Crippen LogP contribution in [0, 0.1) is 18.8 Å². The molecule has 1 saturated carbocycles. The number of aromatic nitrogens is 3. The molecule has 27 heavy (non-hydrogen) atoms. The summed E-state index contributed by atoms with van der Waals surface area (Å²) in [5.74, 6) is 2.91. The SMILES string of the molecule is Cc1nnc(NCCCN2CC3CCC(CC3)C2)c2cc3n(c12)CCCC3. The first-order valence-corrected chi connectivity index (χ1v) is 11.1. The quantitative estimate of drug-likeness (QED) is 0.812. The zero-order valence-corrected chi connectivity index (χ0v) is 16.7. The molecule has 4 aliphatic rings. The summed E-state index contributed by atoms with van der Waals surface area (Å²) in [6.45, 7) is 8.08. The Morgan fingerprint density at radius 1 is 1.07 bits per heavy atom. The average molecular weight is 368 g/mol. The summed E-state index contributed by atoms with van der Waals surface area (Å²) in [5.41, 5.74) is 3.81. The molecule has 6 rings (SSSR count). The van der Waals surface area contributed by atoms with Gasteiger partial charge in [0.15, 0.2) is 5.82 Å². The van der Waals surface area contributed by atoms with Gasteiger partial charge in [0.05, 0.1) is 11.2 Å². The number of nitrogens with zero attached hydrogens (tertiary/aromatic N) is 4. The maximum absolute atomic E-state index is 4.50. The van der Waals surface area contributed by atoms with Gasteiger partial charge in [-0.15, -0.1) is 5.10 Å². The van der Waals surface area contributed by atoms with Crippen molar-refractivity contribution in [1.82, 2.24) is 19.7 Å². The lowest BCUT2D eigenvalue weighted by Crippen LogP contribution is -2.30. The Bertz CT molecular complexity index is 789. The maximum Gasteiger partial charge on any atom is 0.158 e. The minimum Gasteiger partial charge on any atom is -0.368 e. The number of hydrogen-bond donors (Lipinski definition) is 1. The zero-order valence-electron chi connectivity index (χ0n) is 16.7. The van der Waals surface area contributed by atoms with Crippen molar-refractivity contribution in [2.45, 2.75) is 64.8 Å². The summed E-state index contributed by atoms with van der Waals surface area (Å²) in [6, 6.07) is 2.35. The van der Waals surface area contributed by atoms with Gasteiger partial charge in [0.25, 0.3) is 0 Å². The van der Waals surface area contributed by atoms with E-state index in [1.54, 1.807) is 0 Å². The molecule has 1 aliphatic carbocycles. The second-order valence-corrected chi connectivity index (χ2v) is 9.07. The molecule has 0 unspecified atom stereocenters. The van der Waals surface area contributed by atoms with Gasteiger partial charge in [-0.05, 0) is 82.7 Å². The van der Waals surface area contributed by atoms with Crippen molar-refractivity contribution in [3.8, 4) is 0 Å². The molecule has 2 saturated heterocycles. The van der Waals surface area contributed by atoms with Crippen molar-refractivity contribution >= 4 is 16.7 Å². The van der Waals surface area contributed by atoms with Crippen LogP contribution in [0.25, 0.3) is 10.9 Å². The number of nitrogens with one attached hydrogen (secondary N) is 1. The van der Waals surface area contributed by atoms with Crippen LogP contribution in [-0.2, 0) is 13.0 Å². The number of anilines is 1. The van der Waals surface area contributed by atoms with E-state index < -0.39 is 0 Å². The third-order valence-electron chi connectivity index (χ3n) is 7.09. The van der Waals surface area contributed by atoms with E-state index in [1.807, 2.05) is 0 Å². The molecule has 2 aromatic rings. The lowest BCUT2D eigenvalue weighted by Gasteiger charge is -2.22. The molecule has 146 valence electrons. The van der Waals surface area contributed by atoms with E-state index in [-0.39, 0.29) is 0 Å². The van der Waals surface area contributed by atoms with Crippen molar-refractivity contribution in [2.24, 2.45) is 11.8 Å². The minimum absolute atomic E-state index is 0.965. The highest BCUT2D eigenvalue weighted by atomic mass is 15.2. The monoisotopic (exact) mass is 367 g/mol. The second-order valence-electron chi connectivity index (χ2n) is 9.07. The fourth-order valence-electron chi connectivity index (χ4n) is 5.66. The standard InChI is InChI=1S/C22H33N5/c1-16-21-20(13-19-5-2-3-12-27(19)21)22(25-24-16)23-10-4-11-26-14-17-6-7-18(15-26)9-8-17/h13,17-18H,2-12,14-15H2,1H3,(H,23,25). The Labute approximate surface area is 162 Å². The maximum atomic E-state index is 4.50. The number of fused-ring (bicyclic) bond motifs is 7. The molecular formula is C22H33N5. The normalized spacial score (nSPS) is 25.5. The van der Waals surface area contributed by atoms with Gasteiger partial charge >= 0.3 is 0 Å². The van der Waals surface area contributed by atoms with Crippen LogP contribution in [-0.4, -0.2) is 45.8 Å². The van der Waals surface area contributed by atoms with Crippen LogP contribution in [0.4, 0.5) is 5.82 Å². The van der Waals surface area contributed by atoms with E-state index in [9.17, 15) is 0 Å². The van der Waals surface area contributed by atoms with Gasteiger partial charge in [-0.25, -0.2) is 0 Å². The Morgan fingerprint density at radius 3 is 2.63 bits per heavy atom. The highest BCUT2D eigenvalue weighted by Crippen LogP contribution is 2.34. The summed E-state index contributed by atoms with van der Waals surface area (Å²) < 4.78 is 2.47. The molecule has 1 N–H and O–H groups in total. The fraction of sp³-hybridized carbons (Fsp3) is 0.727. The molecule has 3 aliphatic heterocycles. The predicted molar refractivity (Wildman–Crippen MR) is 110 cm³/mol. The molecule has 5 nitrogen and oxygen atoms in total. The zero-order chi connectivity index (χ0) is 18.2. The lowest BCUT2D eigenvalue weighted by atomic mass is 9.84. The van der Waals surface area contributed by atoms with Crippen LogP contribution in [0.5, 0.6) is 0 Å². The Kier molecular flexibility index (Phi) is 4.80. The Balaban J connectivity index is 1.23. The van der Waals surface area contributed by atoms with Crippen LogP contribution >= 0.6 is 0 Å². The second kappa shape index (κ2) is 7.42. The average Bonchev–Trinajstić information content (AvgIpc) is 2.84. The summed E-state index contributed by atoms with van der Waals surface area (Å²) in [5, 5.41) is 13.8. The van der Waals surface area contributed by atoms with E-state index in [2.05, 4.69) is 38.0 Å². The van der Waals surface area contributed by atoms with Gasteiger partial charge in [-0.2, -0.15) is 5.10 Å². The molecule has 5 heteroatoms. The molecule has 5 heterocycles. The van der Waals surface area contributed by atoms with Gasteiger partial charge in [-0.3, -0.25) is 0 Å². The van der Waals surface area contributed by atoms with Crippen LogP contribution in [0.1, 0.15) is 56.3 Å². The smallest absolute Gasteiger partial charge is 0.158 e. The highest BCUT2D eigenvalue weighted by Gasteiger charge is 2.28. The van der Waals surface area contributed by atoms with Crippen molar-refractivity contribution in [3.63, 3.8) is 0 Å². The first kappa shape index (κ1) is 17.5.